The van der Waals surface area contributed by atoms with Crippen LogP contribution in [0, 0.1) is 0 Å². The molecule has 9 heteroatoms. The van der Waals surface area contributed by atoms with Gasteiger partial charge in [0, 0.05) is 19.0 Å². The van der Waals surface area contributed by atoms with E-state index >= 15 is 0 Å². The van der Waals surface area contributed by atoms with Crippen LogP contribution < -0.4 is 16.5 Å². The highest BCUT2D eigenvalue weighted by Gasteiger charge is 2.25. The first-order chi connectivity index (χ1) is 7.89. The summed E-state index contributed by atoms with van der Waals surface area (Å²) >= 11 is 0. The molecule has 1 rings (SSSR count). The number of nitrogens with two attached hydrogens (primary N) is 1. The Morgan fingerprint density at radius 1 is 1.47 bits per heavy atom. The van der Waals surface area contributed by atoms with E-state index in [1.165, 1.54) is 0 Å². The molecule has 1 aliphatic heterocycles. The van der Waals surface area contributed by atoms with Gasteiger partial charge in [0.1, 0.15) is 0 Å². The number of nitrogens with one attached hydrogen (secondary N) is 2. The minimum Gasteiger partial charge on any atom is -0.368 e. The van der Waals surface area contributed by atoms with E-state index in [9.17, 15) is 18.0 Å². The Bertz CT molecular complexity index is 394. The topological polar surface area (TPSA) is 128 Å². The van der Waals surface area contributed by atoms with Crippen molar-refractivity contribution in [2.75, 3.05) is 24.7 Å². The first-order valence-corrected chi connectivity index (χ1v) is 6.84. The van der Waals surface area contributed by atoms with Crippen molar-refractivity contribution in [2.45, 2.75) is 12.5 Å². The molecule has 1 unspecified atom stereocenters. The molecule has 8 nitrogen and oxygen atoms in total. The number of hydroxylamine groups is 1. The van der Waals surface area contributed by atoms with E-state index in [-0.39, 0.29) is 17.9 Å². The number of rotatable bonds is 5. The lowest BCUT2D eigenvalue weighted by molar-refractivity contribution is -0.138. The molecule has 1 atom stereocenters. The van der Waals surface area contributed by atoms with Gasteiger partial charge in [-0.15, -0.1) is 0 Å². The summed E-state index contributed by atoms with van der Waals surface area (Å²) in [5, 5.41) is 2.92. The largest absolute Gasteiger partial charge is 0.368 e. The molecule has 0 aromatic carbocycles. The second-order valence-corrected chi connectivity index (χ2v) is 5.98. The molecule has 0 bridgehead atoms. The molecule has 17 heavy (non-hydrogen) atoms. The van der Waals surface area contributed by atoms with Crippen LogP contribution in [0.2, 0.25) is 0 Å². The first kappa shape index (κ1) is 13.9. The summed E-state index contributed by atoms with van der Waals surface area (Å²) in [7, 11) is -3.07. The summed E-state index contributed by atoms with van der Waals surface area (Å²) in [6.45, 7) is -0.0788. The van der Waals surface area contributed by atoms with E-state index in [1.54, 1.807) is 0 Å². The van der Waals surface area contributed by atoms with E-state index < -0.39 is 34.3 Å². The maximum absolute atomic E-state index is 11.3. The average molecular weight is 265 g/mol. The van der Waals surface area contributed by atoms with Gasteiger partial charge in [-0.3, -0.25) is 14.4 Å². The van der Waals surface area contributed by atoms with Crippen LogP contribution in [0.4, 0.5) is 0 Å². The lowest BCUT2D eigenvalue weighted by Crippen LogP contribution is -2.47. The molecule has 2 amide bonds. The number of amides is 2. The first-order valence-electron chi connectivity index (χ1n) is 5.02. The van der Waals surface area contributed by atoms with Gasteiger partial charge in [-0.2, -0.15) is 0 Å². The molecule has 4 N–H and O–H groups in total. The molecule has 1 heterocycles. The van der Waals surface area contributed by atoms with Crippen molar-refractivity contribution in [1.29, 1.82) is 0 Å². The van der Waals surface area contributed by atoms with Crippen LogP contribution >= 0.6 is 0 Å². The number of carbonyl (C=O) groups excluding carboxylic acids is 2. The number of hydrogen-bond acceptors (Lipinski definition) is 6. The number of primary amides is 1. The lowest BCUT2D eigenvalue weighted by Gasteiger charge is -2.22. The minimum absolute atomic E-state index is 0.0298. The van der Waals surface area contributed by atoms with E-state index in [0.717, 1.165) is 0 Å². The van der Waals surface area contributed by atoms with Crippen LogP contribution in [0.5, 0.6) is 0 Å². The molecule has 0 saturated carbocycles. The summed E-state index contributed by atoms with van der Waals surface area (Å²) < 4.78 is 22.6. The highest BCUT2D eigenvalue weighted by Crippen LogP contribution is 2.04. The van der Waals surface area contributed by atoms with Crippen LogP contribution in [0.1, 0.15) is 6.42 Å². The highest BCUT2D eigenvalue weighted by atomic mass is 32.2. The second-order valence-electron chi connectivity index (χ2n) is 3.75. The minimum atomic E-state index is -3.07. The molecule has 0 aromatic rings. The van der Waals surface area contributed by atoms with Crippen molar-refractivity contribution in [3.05, 3.63) is 0 Å². The van der Waals surface area contributed by atoms with Crippen molar-refractivity contribution in [1.82, 2.24) is 10.8 Å². The Labute approximate surface area is 98.7 Å². The SMILES string of the molecule is NC(=O)CONC(=O)CC1CS(=O)(=O)CCN1. The van der Waals surface area contributed by atoms with Crippen LogP contribution in [0.3, 0.4) is 0 Å². The summed E-state index contributed by atoms with van der Waals surface area (Å²) in [5.74, 6) is -1.19. The molecular formula is C8H15N3O5S. The summed E-state index contributed by atoms with van der Waals surface area (Å²) in [6.07, 6.45) is -0.0298. The third kappa shape index (κ3) is 5.61. The quantitative estimate of drug-likeness (QED) is 0.464. The summed E-state index contributed by atoms with van der Waals surface area (Å²) in [6, 6.07) is -0.425. The molecule has 0 radical (unpaired) electrons. The molecule has 1 saturated heterocycles. The van der Waals surface area contributed by atoms with Crippen LogP contribution in [-0.2, 0) is 24.3 Å². The fourth-order valence-corrected chi connectivity index (χ4v) is 2.90. The van der Waals surface area contributed by atoms with E-state index in [0.29, 0.717) is 6.54 Å². The fourth-order valence-electron chi connectivity index (χ4n) is 1.45. The smallest absolute Gasteiger partial charge is 0.246 e. The number of hydrogen-bond donors (Lipinski definition) is 3. The molecule has 1 aliphatic rings. The van der Waals surface area contributed by atoms with Gasteiger partial charge >= 0.3 is 0 Å². The maximum atomic E-state index is 11.3. The van der Waals surface area contributed by atoms with E-state index in [2.05, 4.69) is 10.2 Å². The van der Waals surface area contributed by atoms with Crippen molar-refractivity contribution >= 4 is 21.7 Å². The number of carbonyl (C=O) groups is 2. The summed E-state index contributed by atoms with van der Waals surface area (Å²) in [4.78, 5) is 26.1. The molecule has 0 aromatic heterocycles. The third-order valence-corrected chi connectivity index (χ3v) is 3.87. The molecular weight excluding hydrogens is 250 g/mol. The van der Waals surface area contributed by atoms with Gasteiger partial charge in [0.05, 0.1) is 11.5 Å². The van der Waals surface area contributed by atoms with Gasteiger partial charge in [0.2, 0.25) is 11.8 Å². The van der Waals surface area contributed by atoms with Crippen LogP contribution in [0.25, 0.3) is 0 Å². The Kier molecular flexibility index (Phi) is 4.85. The molecule has 0 spiro atoms. The zero-order valence-corrected chi connectivity index (χ0v) is 9.96. The van der Waals surface area contributed by atoms with Gasteiger partial charge in [-0.1, -0.05) is 0 Å². The zero-order chi connectivity index (χ0) is 12.9. The predicted octanol–water partition coefficient (Wildman–Crippen LogP) is -2.70. The lowest BCUT2D eigenvalue weighted by atomic mass is 10.2. The Hall–Kier alpha value is -1.19. The van der Waals surface area contributed by atoms with E-state index in [4.69, 9.17) is 5.73 Å². The highest BCUT2D eigenvalue weighted by molar-refractivity contribution is 7.91. The third-order valence-electron chi connectivity index (χ3n) is 2.13. The zero-order valence-electron chi connectivity index (χ0n) is 9.14. The standard InChI is InChI=1S/C8H15N3O5S/c9-7(12)4-16-11-8(13)3-6-5-17(14,15)2-1-10-6/h6,10H,1-5H2,(H2,9,12)(H,11,13). The van der Waals surface area contributed by atoms with E-state index in [1.807, 2.05) is 5.48 Å². The van der Waals surface area contributed by atoms with Crippen LogP contribution in [-0.4, -0.2) is 50.9 Å². The Balaban J connectivity index is 2.28. The monoisotopic (exact) mass is 265 g/mol. The average Bonchev–Trinajstić information content (AvgIpc) is 2.14. The predicted molar refractivity (Wildman–Crippen MR) is 58.4 cm³/mol. The Morgan fingerprint density at radius 3 is 2.76 bits per heavy atom. The van der Waals surface area contributed by atoms with Gasteiger partial charge in [0.25, 0.3) is 0 Å². The second kappa shape index (κ2) is 5.94. The van der Waals surface area contributed by atoms with Crippen molar-refractivity contribution in [3.8, 4) is 0 Å². The van der Waals surface area contributed by atoms with Crippen molar-refractivity contribution < 1.29 is 22.8 Å². The van der Waals surface area contributed by atoms with Gasteiger partial charge in [-0.25, -0.2) is 13.9 Å². The number of sulfone groups is 1. The van der Waals surface area contributed by atoms with Gasteiger partial charge in [-0.05, 0) is 0 Å². The van der Waals surface area contributed by atoms with Gasteiger partial charge in [0.15, 0.2) is 16.4 Å². The molecule has 98 valence electrons. The van der Waals surface area contributed by atoms with Gasteiger partial charge < -0.3 is 11.1 Å². The fraction of sp³-hybridized carbons (Fsp3) is 0.750. The molecule has 1 fully saturated rings. The summed E-state index contributed by atoms with van der Waals surface area (Å²) in [5.41, 5.74) is 6.81. The Morgan fingerprint density at radius 2 is 2.18 bits per heavy atom. The van der Waals surface area contributed by atoms with Crippen LogP contribution in [0.15, 0.2) is 0 Å². The molecule has 0 aliphatic carbocycles. The van der Waals surface area contributed by atoms with Crippen molar-refractivity contribution in [2.24, 2.45) is 5.73 Å². The van der Waals surface area contributed by atoms with Crippen molar-refractivity contribution in [3.63, 3.8) is 0 Å². The maximum Gasteiger partial charge on any atom is 0.246 e. The normalized spacial score (nSPS) is 22.9.